The van der Waals surface area contributed by atoms with Crippen molar-refractivity contribution in [2.24, 2.45) is 0 Å². The number of carbonyl (C=O) groups is 1. The summed E-state index contributed by atoms with van der Waals surface area (Å²) in [6, 6.07) is 4.88. The van der Waals surface area contributed by atoms with Crippen molar-refractivity contribution < 1.29 is 19.7 Å². The summed E-state index contributed by atoms with van der Waals surface area (Å²) >= 11 is 0. The van der Waals surface area contributed by atoms with E-state index in [-0.39, 0.29) is 24.7 Å². The highest BCUT2D eigenvalue weighted by Crippen LogP contribution is 2.19. The largest absolute Gasteiger partial charge is 0.508 e. The van der Waals surface area contributed by atoms with Crippen LogP contribution in [0.1, 0.15) is 24.5 Å². The number of esters is 1. The van der Waals surface area contributed by atoms with Crippen LogP contribution >= 0.6 is 0 Å². The molecular weight excluding hydrogens is 220 g/mol. The van der Waals surface area contributed by atoms with E-state index in [0.29, 0.717) is 12.2 Å². The maximum Gasteiger partial charge on any atom is 0.309 e. The van der Waals surface area contributed by atoms with Gasteiger partial charge < -0.3 is 14.9 Å². The molecule has 0 unspecified atom stereocenters. The summed E-state index contributed by atoms with van der Waals surface area (Å²) in [5.74, 6) is -0.208. The van der Waals surface area contributed by atoms with Gasteiger partial charge in [-0.15, -0.1) is 0 Å². The number of hydrogen-bond acceptors (Lipinski definition) is 4. The van der Waals surface area contributed by atoms with Crippen LogP contribution in [0.15, 0.2) is 24.3 Å². The molecule has 4 heteroatoms. The summed E-state index contributed by atoms with van der Waals surface area (Å²) < 4.78 is 4.77. The lowest BCUT2D eigenvalue weighted by molar-refractivity contribution is -0.142. The normalized spacial score (nSPS) is 10.7. The number of carbonyl (C=O) groups excluding carboxylic acids is 1. The van der Waals surface area contributed by atoms with E-state index in [1.807, 2.05) is 0 Å². The first-order chi connectivity index (χ1) is 8.17. The Hall–Kier alpha value is -1.81. The first-order valence-corrected chi connectivity index (χ1v) is 5.42. The van der Waals surface area contributed by atoms with Crippen LogP contribution in [-0.4, -0.2) is 22.8 Å². The van der Waals surface area contributed by atoms with Gasteiger partial charge in [-0.05, 0) is 24.6 Å². The molecule has 4 nitrogen and oxygen atoms in total. The van der Waals surface area contributed by atoms with E-state index in [1.54, 1.807) is 31.2 Å². The Morgan fingerprint density at radius 1 is 1.47 bits per heavy atom. The highest BCUT2D eigenvalue weighted by molar-refractivity contribution is 5.72. The van der Waals surface area contributed by atoms with Crippen LogP contribution in [0.2, 0.25) is 0 Å². The van der Waals surface area contributed by atoms with Gasteiger partial charge in [0.15, 0.2) is 0 Å². The average molecular weight is 236 g/mol. The molecule has 1 aromatic rings. The van der Waals surface area contributed by atoms with Crippen LogP contribution in [0, 0.1) is 0 Å². The van der Waals surface area contributed by atoms with Gasteiger partial charge in [-0.3, -0.25) is 4.79 Å². The Morgan fingerprint density at radius 2 is 2.24 bits per heavy atom. The number of phenols is 1. The van der Waals surface area contributed by atoms with Crippen molar-refractivity contribution in [3.05, 3.63) is 35.4 Å². The van der Waals surface area contributed by atoms with Gasteiger partial charge in [0.1, 0.15) is 5.75 Å². The van der Waals surface area contributed by atoms with Gasteiger partial charge in [-0.1, -0.05) is 18.2 Å². The van der Waals surface area contributed by atoms with Crippen molar-refractivity contribution >= 4 is 12.0 Å². The second kappa shape index (κ2) is 6.70. The number of rotatable bonds is 5. The summed E-state index contributed by atoms with van der Waals surface area (Å²) in [6.45, 7) is 1.92. The van der Waals surface area contributed by atoms with E-state index in [0.717, 1.165) is 5.56 Å². The lowest BCUT2D eigenvalue weighted by atomic mass is 10.1. The number of ether oxygens (including phenoxy) is 1. The molecule has 0 aliphatic carbocycles. The summed E-state index contributed by atoms with van der Waals surface area (Å²) in [6.07, 6.45) is 3.64. The van der Waals surface area contributed by atoms with Crippen molar-refractivity contribution in [2.75, 3.05) is 6.61 Å². The van der Waals surface area contributed by atoms with Crippen LogP contribution in [0.5, 0.6) is 5.75 Å². The smallest absolute Gasteiger partial charge is 0.309 e. The fourth-order valence-electron chi connectivity index (χ4n) is 1.35. The third-order valence-electron chi connectivity index (χ3n) is 2.17. The van der Waals surface area contributed by atoms with Crippen LogP contribution in [-0.2, 0) is 16.1 Å². The van der Waals surface area contributed by atoms with Crippen molar-refractivity contribution in [3.63, 3.8) is 0 Å². The molecule has 0 atom stereocenters. The Balaban J connectivity index is 2.62. The summed E-state index contributed by atoms with van der Waals surface area (Å²) in [5.41, 5.74) is 1.28. The van der Waals surface area contributed by atoms with Gasteiger partial charge in [-0.25, -0.2) is 0 Å². The standard InChI is InChI=1S/C13H16O4/c1-2-17-13(16)5-3-4-10-6-7-12(15)11(8-10)9-14/h3-4,6-8,14-15H,2,5,9H2,1H3. The second-order valence-electron chi connectivity index (χ2n) is 3.46. The molecule has 0 aromatic heterocycles. The highest BCUT2D eigenvalue weighted by Gasteiger charge is 2.00. The number of aromatic hydroxyl groups is 1. The minimum atomic E-state index is -0.273. The van der Waals surface area contributed by atoms with Gasteiger partial charge in [0.25, 0.3) is 0 Å². The van der Waals surface area contributed by atoms with Gasteiger partial charge >= 0.3 is 5.97 Å². The van der Waals surface area contributed by atoms with E-state index in [2.05, 4.69) is 0 Å². The zero-order chi connectivity index (χ0) is 12.7. The summed E-state index contributed by atoms with van der Waals surface area (Å²) in [5, 5.41) is 18.3. The number of hydrogen-bond donors (Lipinski definition) is 2. The molecule has 0 fully saturated rings. The quantitative estimate of drug-likeness (QED) is 0.766. The van der Waals surface area contributed by atoms with Crippen LogP contribution < -0.4 is 0 Å². The monoisotopic (exact) mass is 236 g/mol. The number of benzene rings is 1. The molecular formula is C13H16O4. The fourth-order valence-corrected chi connectivity index (χ4v) is 1.35. The predicted molar refractivity (Wildman–Crippen MR) is 64.3 cm³/mol. The SMILES string of the molecule is CCOC(=O)CC=Cc1ccc(O)c(CO)c1. The van der Waals surface area contributed by atoms with E-state index in [4.69, 9.17) is 9.84 Å². The van der Waals surface area contributed by atoms with Crippen molar-refractivity contribution in [1.82, 2.24) is 0 Å². The first kappa shape index (κ1) is 13.3. The summed E-state index contributed by atoms with van der Waals surface area (Å²) in [7, 11) is 0. The molecule has 1 aromatic carbocycles. The Morgan fingerprint density at radius 3 is 2.88 bits per heavy atom. The zero-order valence-corrected chi connectivity index (χ0v) is 9.72. The molecule has 92 valence electrons. The van der Waals surface area contributed by atoms with Gasteiger partial charge in [0.05, 0.1) is 19.6 Å². The molecule has 0 spiro atoms. The molecule has 0 saturated carbocycles. The molecule has 2 N–H and O–H groups in total. The Bertz CT molecular complexity index is 410. The lowest BCUT2D eigenvalue weighted by Crippen LogP contribution is -2.01. The van der Waals surface area contributed by atoms with E-state index >= 15 is 0 Å². The Kier molecular flexibility index (Phi) is 5.23. The van der Waals surface area contributed by atoms with Crippen molar-refractivity contribution in [2.45, 2.75) is 20.0 Å². The molecule has 1 rings (SSSR count). The van der Waals surface area contributed by atoms with Crippen LogP contribution in [0.4, 0.5) is 0 Å². The fraction of sp³-hybridized carbons (Fsp3) is 0.308. The molecule has 0 bridgehead atoms. The van der Waals surface area contributed by atoms with Crippen LogP contribution in [0.3, 0.4) is 0 Å². The zero-order valence-electron chi connectivity index (χ0n) is 9.72. The molecule has 0 aliphatic heterocycles. The molecule has 0 saturated heterocycles. The first-order valence-electron chi connectivity index (χ1n) is 5.42. The molecule has 0 radical (unpaired) electrons. The minimum Gasteiger partial charge on any atom is -0.508 e. The van der Waals surface area contributed by atoms with E-state index in [9.17, 15) is 9.90 Å². The van der Waals surface area contributed by atoms with Gasteiger partial charge in [0.2, 0.25) is 0 Å². The number of aliphatic hydroxyl groups excluding tert-OH is 1. The van der Waals surface area contributed by atoms with E-state index in [1.165, 1.54) is 6.07 Å². The lowest BCUT2D eigenvalue weighted by Gasteiger charge is -2.02. The van der Waals surface area contributed by atoms with Crippen molar-refractivity contribution in [3.8, 4) is 5.75 Å². The van der Waals surface area contributed by atoms with Crippen LogP contribution in [0.25, 0.3) is 6.08 Å². The predicted octanol–water partition coefficient (Wildman–Crippen LogP) is 1.85. The topological polar surface area (TPSA) is 66.8 Å². The van der Waals surface area contributed by atoms with Gasteiger partial charge in [0, 0.05) is 5.56 Å². The third-order valence-corrected chi connectivity index (χ3v) is 2.17. The third kappa shape index (κ3) is 4.28. The molecule has 0 heterocycles. The molecule has 0 aliphatic rings. The average Bonchev–Trinajstić information content (AvgIpc) is 2.31. The maximum absolute atomic E-state index is 11.1. The molecule has 0 amide bonds. The van der Waals surface area contributed by atoms with Crippen molar-refractivity contribution in [1.29, 1.82) is 0 Å². The van der Waals surface area contributed by atoms with Gasteiger partial charge in [-0.2, -0.15) is 0 Å². The highest BCUT2D eigenvalue weighted by atomic mass is 16.5. The Labute approximate surface area is 100 Å². The van der Waals surface area contributed by atoms with E-state index < -0.39 is 0 Å². The summed E-state index contributed by atoms with van der Waals surface area (Å²) in [4.78, 5) is 11.1. The molecule has 17 heavy (non-hydrogen) atoms. The number of aliphatic hydroxyl groups is 1. The maximum atomic E-state index is 11.1. The second-order valence-corrected chi connectivity index (χ2v) is 3.46. The minimum absolute atomic E-state index is 0.0649.